The van der Waals surface area contributed by atoms with Gasteiger partial charge in [-0.15, -0.1) is 0 Å². The average molecular weight is 260 g/mol. The molecule has 0 aromatic carbocycles. The SMILES string of the molecule is CC(C)(C)C(N)COCCOCC(N)C(C)(C)C. The molecular formula is C14H32N2O2. The van der Waals surface area contributed by atoms with E-state index in [1.807, 2.05) is 0 Å². The maximum atomic E-state index is 5.98. The van der Waals surface area contributed by atoms with Crippen LogP contribution in [-0.4, -0.2) is 38.5 Å². The van der Waals surface area contributed by atoms with Gasteiger partial charge < -0.3 is 20.9 Å². The van der Waals surface area contributed by atoms with Gasteiger partial charge in [0, 0.05) is 12.1 Å². The van der Waals surface area contributed by atoms with Gasteiger partial charge in [-0.2, -0.15) is 0 Å². The summed E-state index contributed by atoms with van der Waals surface area (Å²) >= 11 is 0. The normalized spacial score (nSPS) is 16.7. The van der Waals surface area contributed by atoms with Crippen molar-refractivity contribution in [1.82, 2.24) is 0 Å². The summed E-state index contributed by atoms with van der Waals surface area (Å²) in [6.07, 6.45) is 0. The van der Waals surface area contributed by atoms with Crippen molar-refractivity contribution in [3.63, 3.8) is 0 Å². The van der Waals surface area contributed by atoms with E-state index in [4.69, 9.17) is 20.9 Å². The molecule has 110 valence electrons. The summed E-state index contributed by atoms with van der Waals surface area (Å²) in [6.45, 7) is 14.9. The molecule has 0 saturated heterocycles. The van der Waals surface area contributed by atoms with Gasteiger partial charge in [0.05, 0.1) is 26.4 Å². The minimum absolute atomic E-state index is 0.0503. The Morgan fingerprint density at radius 3 is 1.22 bits per heavy atom. The maximum Gasteiger partial charge on any atom is 0.0701 e. The van der Waals surface area contributed by atoms with Crippen molar-refractivity contribution in [3.05, 3.63) is 0 Å². The third kappa shape index (κ3) is 8.03. The van der Waals surface area contributed by atoms with E-state index in [-0.39, 0.29) is 22.9 Å². The minimum atomic E-state index is 0.0503. The average Bonchev–Trinajstić information content (AvgIpc) is 2.19. The standard InChI is InChI=1S/C14H32N2O2/c1-13(2,3)11(15)9-17-7-8-18-10-12(16)14(4,5)6/h11-12H,7-10,15-16H2,1-6H3. The van der Waals surface area contributed by atoms with E-state index >= 15 is 0 Å². The summed E-state index contributed by atoms with van der Waals surface area (Å²) in [5.74, 6) is 0. The molecule has 0 radical (unpaired) electrons. The monoisotopic (exact) mass is 260 g/mol. The summed E-state index contributed by atoms with van der Waals surface area (Å²) in [5.41, 5.74) is 12.1. The minimum Gasteiger partial charge on any atom is -0.377 e. The molecule has 4 nitrogen and oxygen atoms in total. The molecule has 0 saturated carbocycles. The van der Waals surface area contributed by atoms with Crippen LogP contribution in [0.4, 0.5) is 0 Å². The van der Waals surface area contributed by atoms with E-state index in [0.29, 0.717) is 26.4 Å². The van der Waals surface area contributed by atoms with Crippen molar-refractivity contribution < 1.29 is 9.47 Å². The molecule has 0 aliphatic heterocycles. The van der Waals surface area contributed by atoms with Gasteiger partial charge in [0.15, 0.2) is 0 Å². The maximum absolute atomic E-state index is 5.98. The zero-order chi connectivity index (χ0) is 14.4. The van der Waals surface area contributed by atoms with Crippen molar-refractivity contribution >= 4 is 0 Å². The molecule has 0 aromatic heterocycles. The fourth-order valence-corrected chi connectivity index (χ4v) is 1.04. The van der Waals surface area contributed by atoms with Crippen LogP contribution in [0.3, 0.4) is 0 Å². The van der Waals surface area contributed by atoms with E-state index in [1.54, 1.807) is 0 Å². The van der Waals surface area contributed by atoms with Crippen LogP contribution in [-0.2, 0) is 9.47 Å². The highest BCUT2D eigenvalue weighted by molar-refractivity contribution is 4.77. The van der Waals surface area contributed by atoms with Gasteiger partial charge in [0.2, 0.25) is 0 Å². The van der Waals surface area contributed by atoms with Crippen molar-refractivity contribution in [3.8, 4) is 0 Å². The van der Waals surface area contributed by atoms with E-state index in [0.717, 1.165) is 0 Å². The summed E-state index contributed by atoms with van der Waals surface area (Å²) in [7, 11) is 0. The van der Waals surface area contributed by atoms with Crippen LogP contribution < -0.4 is 11.5 Å². The summed E-state index contributed by atoms with van der Waals surface area (Å²) in [6, 6.07) is 0.101. The van der Waals surface area contributed by atoms with Crippen LogP contribution in [0.2, 0.25) is 0 Å². The lowest BCUT2D eigenvalue weighted by atomic mass is 9.88. The number of rotatable bonds is 7. The first-order valence-corrected chi connectivity index (χ1v) is 6.72. The zero-order valence-corrected chi connectivity index (χ0v) is 13.0. The Kier molecular flexibility index (Phi) is 7.37. The number of hydrogen-bond acceptors (Lipinski definition) is 4. The van der Waals surface area contributed by atoms with Crippen molar-refractivity contribution in [2.75, 3.05) is 26.4 Å². The van der Waals surface area contributed by atoms with Gasteiger partial charge in [-0.05, 0) is 10.8 Å². The highest BCUT2D eigenvalue weighted by atomic mass is 16.5. The molecule has 2 atom stereocenters. The Balaban J connectivity index is 3.53. The van der Waals surface area contributed by atoms with Crippen LogP contribution in [0.15, 0.2) is 0 Å². The van der Waals surface area contributed by atoms with Gasteiger partial charge in [0.25, 0.3) is 0 Å². The van der Waals surface area contributed by atoms with Crippen LogP contribution in [0.1, 0.15) is 41.5 Å². The summed E-state index contributed by atoms with van der Waals surface area (Å²) in [5, 5.41) is 0. The number of nitrogens with two attached hydrogens (primary N) is 2. The van der Waals surface area contributed by atoms with Crippen LogP contribution in [0.5, 0.6) is 0 Å². The van der Waals surface area contributed by atoms with Crippen LogP contribution in [0.25, 0.3) is 0 Å². The predicted molar refractivity (Wildman–Crippen MR) is 76.5 cm³/mol. The van der Waals surface area contributed by atoms with E-state index < -0.39 is 0 Å². The molecule has 18 heavy (non-hydrogen) atoms. The Labute approximate surface area is 112 Å². The van der Waals surface area contributed by atoms with Gasteiger partial charge in [0.1, 0.15) is 0 Å². The second-order valence-electron chi connectivity index (χ2n) is 7.09. The van der Waals surface area contributed by atoms with Crippen molar-refractivity contribution in [1.29, 1.82) is 0 Å². The lowest BCUT2D eigenvalue weighted by molar-refractivity contribution is 0.0191. The first kappa shape index (κ1) is 17.8. The quantitative estimate of drug-likeness (QED) is 0.684. The first-order chi connectivity index (χ1) is 8.05. The van der Waals surface area contributed by atoms with Gasteiger partial charge >= 0.3 is 0 Å². The highest BCUT2D eigenvalue weighted by Crippen LogP contribution is 2.18. The van der Waals surface area contributed by atoms with Gasteiger partial charge in [-0.1, -0.05) is 41.5 Å². The molecule has 0 fully saturated rings. The topological polar surface area (TPSA) is 70.5 Å². The Bertz CT molecular complexity index is 195. The Hall–Kier alpha value is -0.160. The molecule has 4 heteroatoms. The van der Waals surface area contributed by atoms with E-state index in [9.17, 15) is 0 Å². The molecule has 0 amide bonds. The largest absolute Gasteiger partial charge is 0.377 e. The van der Waals surface area contributed by atoms with Crippen molar-refractivity contribution in [2.24, 2.45) is 22.3 Å². The first-order valence-electron chi connectivity index (χ1n) is 6.72. The van der Waals surface area contributed by atoms with E-state index in [2.05, 4.69) is 41.5 Å². The highest BCUT2D eigenvalue weighted by Gasteiger charge is 2.21. The molecule has 4 N–H and O–H groups in total. The number of ether oxygens (including phenoxy) is 2. The number of hydrogen-bond donors (Lipinski definition) is 2. The van der Waals surface area contributed by atoms with Crippen LogP contribution in [0, 0.1) is 10.8 Å². The molecule has 0 aliphatic carbocycles. The second kappa shape index (κ2) is 7.43. The molecule has 2 unspecified atom stereocenters. The molecular weight excluding hydrogens is 228 g/mol. The summed E-state index contributed by atoms with van der Waals surface area (Å²) in [4.78, 5) is 0. The fraction of sp³-hybridized carbons (Fsp3) is 1.00. The molecule has 0 aliphatic rings. The Morgan fingerprint density at radius 1 is 0.722 bits per heavy atom. The molecule has 0 bridgehead atoms. The Morgan fingerprint density at radius 2 is 1.00 bits per heavy atom. The zero-order valence-electron chi connectivity index (χ0n) is 13.0. The van der Waals surface area contributed by atoms with E-state index in [1.165, 1.54) is 0 Å². The predicted octanol–water partition coefficient (Wildman–Crippen LogP) is 1.77. The van der Waals surface area contributed by atoms with Crippen LogP contribution >= 0.6 is 0 Å². The second-order valence-corrected chi connectivity index (χ2v) is 7.09. The third-order valence-electron chi connectivity index (χ3n) is 3.19. The summed E-state index contributed by atoms with van der Waals surface area (Å²) < 4.78 is 11.0. The van der Waals surface area contributed by atoms with Gasteiger partial charge in [-0.25, -0.2) is 0 Å². The van der Waals surface area contributed by atoms with Crippen molar-refractivity contribution in [2.45, 2.75) is 53.6 Å². The molecule has 0 rings (SSSR count). The lowest BCUT2D eigenvalue weighted by Gasteiger charge is -2.27. The molecule has 0 heterocycles. The molecule has 0 aromatic rings. The molecule has 0 spiro atoms. The fourth-order valence-electron chi connectivity index (χ4n) is 1.04. The third-order valence-corrected chi connectivity index (χ3v) is 3.19. The lowest BCUT2D eigenvalue weighted by Crippen LogP contribution is -2.40. The van der Waals surface area contributed by atoms with Gasteiger partial charge in [-0.3, -0.25) is 0 Å². The smallest absolute Gasteiger partial charge is 0.0701 e.